The summed E-state index contributed by atoms with van der Waals surface area (Å²) in [5.41, 5.74) is 1.13. The summed E-state index contributed by atoms with van der Waals surface area (Å²) < 4.78 is 5.16. The maximum Gasteiger partial charge on any atom is 0.234 e. The van der Waals surface area contributed by atoms with Crippen molar-refractivity contribution in [3.05, 3.63) is 60.2 Å². The monoisotopic (exact) mass is 269 g/mol. The molecule has 0 radical (unpaired) electrons. The van der Waals surface area contributed by atoms with E-state index in [0.717, 1.165) is 17.0 Å². The Labute approximate surface area is 119 Å². The molecule has 104 valence electrons. The second-order valence-electron chi connectivity index (χ2n) is 5.18. The van der Waals surface area contributed by atoms with Gasteiger partial charge in [0.15, 0.2) is 0 Å². The molecule has 2 rings (SSSR count). The molecular formula is C17H19NO2. The molecular weight excluding hydrogens is 250 g/mol. The molecule has 2 aromatic rings. The fraction of sp³-hybridized carbons (Fsp3) is 0.235. The molecule has 0 heterocycles. The number of hydrogen-bond acceptors (Lipinski definition) is 2. The second kappa shape index (κ2) is 5.78. The van der Waals surface area contributed by atoms with Crippen LogP contribution in [0.15, 0.2) is 54.6 Å². The zero-order valence-electron chi connectivity index (χ0n) is 12.0. The number of amides is 1. The van der Waals surface area contributed by atoms with Crippen molar-refractivity contribution in [3.63, 3.8) is 0 Å². The minimum Gasteiger partial charge on any atom is -0.497 e. The number of anilines is 1. The molecule has 0 unspecified atom stereocenters. The Morgan fingerprint density at radius 1 is 1.05 bits per heavy atom. The lowest BCUT2D eigenvalue weighted by molar-refractivity contribution is -0.120. The molecule has 20 heavy (non-hydrogen) atoms. The van der Waals surface area contributed by atoms with E-state index in [4.69, 9.17) is 4.74 Å². The van der Waals surface area contributed by atoms with E-state index in [0.29, 0.717) is 0 Å². The van der Waals surface area contributed by atoms with Crippen molar-refractivity contribution in [1.82, 2.24) is 0 Å². The highest BCUT2D eigenvalue weighted by Gasteiger charge is 2.29. The van der Waals surface area contributed by atoms with Crippen LogP contribution in [0.3, 0.4) is 0 Å². The largest absolute Gasteiger partial charge is 0.497 e. The lowest BCUT2D eigenvalue weighted by Gasteiger charge is -2.24. The van der Waals surface area contributed by atoms with Crippen molar-refractivity contribution in [2.45, 2.75) is 19.3 Å². The van der Waals surface area contributed by atoms with Crippen molar-refractivity contribution in [2.24, 2.45) is 0 Å². The molecule has 0 aliphatic carbocycles. The molecule has 2 aromatic carbocycles. The maximum absolute atomic E-state index is 12.5. The highest BCUT2D eigenvalue weighted by molar-refractivity contribution is 5.98. The average Bonchev–Trinajstić information content (AvgIpc) is 2.48. The molecule has 0 saturated carbocycles. The Balaban J connectivity index is 2.19. The molecule has 0 bridgehead atoms. The van der Waals surface area contributed by atoms with E-state index in [-0.39, 0.29) is 5.91 Å². The van der Waals surface area contributed by atoms with Gasteiger partial charge in [-0.05, 0) is 31.5 Å². The fourth-order valence-corrected chi connectivity index (χ4v) is 1.97. The number of nitrogens with one attached hydrogen (secondary N) is 1. The zero-order valence-corrected chi connectivity index (χ0v) is 12.0. The highest BCUT2D eigenvalue weighted by atomic mass is 16.5. The maximum atomic E-state index is 12.5. The molecule has 1 amide bonds. The predicted octanol–water partition coefficient (Wildman–Crippen LogP) is 3.61. The van der Waals surface area contributed by atoms with Gasteiger partial charge in [-0.1, -0.05) is 36.4 Å². The van der Waals surface area contributed by atoms with Gasteiger partial charge in [0.1, 0.15) is 5.75 Å². The second-order valence-corrected chi connectivity index (χ2v) is 5.18. The van der Waals surface area contributed by atoms with Gasteiger partial charge in [0.2, 0.25) is 5.91 Å². The van der Waals surface area contributed by atoms with Gasteiger partial charge in [0.25, 0.3) is 0 Å². The predicted molar refractivity (Wildman–Crippen MR) is 81.1 cm³/mol. The van der Waals surface area contributed by atoms with Gasteiger partial charge in [-0.3, -0.25) is 4.79 Å². The third kappa shape index (κ3) is 2.99. The molecule has 3 nitrogen and oxygen atoms in total. The molecule has 0 saturated heterocycles. The van der Waals surface area contributed by atoms with E-state index in [9.17, 15) is 4.79 Å². The number of carbonyl (C=O) groups excluding carboxylic acids is 1. The van der Waals surface area contributed by atoms with E-state index in [1.807, 2.05) is 62.4 Å². The third-order valence-electron chi connectivity index (χ3n) is 3.39. The molecule has 0 aliphatic rings. The summed E-state index contributed by atoms with van der Waals surface area (Å²) in [4.78, 5) is 12.5. The van der Waals surface area contributed by atoms with Crippen molar-refractivity contribution in [1.29, 1.82) is 0 Å². The normalized spacial score (nSPS) is 10.9. The van der Waals surface area contributed by atoms with E-state index in [2.05, 4.69) is 5.32 Å². The van der Waals surface area contributed by atoms with Gasteiger partial charge >= 0.3 is 0 Å². The summed E-state index contributed by atoms with van der Waals surface area (Å²) in [5.74, 6) is 0.678. The van der Waals surface area contributed by atoms with Crippen LogP contribution in [0.1, 0.15) is 19.4 Å². The first kappa shape index (κ1) is 14.1. The van der Waals surface area contributed by atoms with Gasteiger partial charge in [-0.25, -0.2) is 0 Å². The van der Waals surface area contributed by atoms with E-state index in [1.165, 1.54) is 0 Å². The lowest BCUT2D eigenvalue weighted by atomic mass is 9.83. The van der Waals surface area contributed by atoms with Gasteiger partial charge in [-0.15, -0.1) is 0 Å². The number of rotatable bonds is 4. The zero-order chi connectivity index (χ0) is 14.6. The van der Waals surface area contributed by atoms with E-state index < -0.39 is 5.41 Å². The van der Waals surface area contributed by atoms with Crippen LogP contribution < -0.4 is 10.1 Å². The standard InChI is InChI=1S/C17H19NO2/c1-17(2,13-8-5-4-6-9-13)16(19)18-14-10-7-11-15(12-14)20-3/h4-12H,1-3H3,(H,18,19). The van der Waals surface area contributed by atoms with Crippen molar-refractivity contribution in [3.8, 4) is 5.75 Å². The molecule has 0 aliphatic heterocycles. The number of benzene rings is 2. The molecule has 3 heteroatoms. The minimum absolute atomic E-state index is 0.0445. The summed E-state index contributed by atoms with van der Waals surface area (Å²) >= 11 is 0. The van der Waals surface area contributed by atoms with Crippen LogP contribution in [0.2, 0.25) is 0 Å². The summed E-state index contributed by atoms with van der Waals surface area (Å²) in [5, 5.41) is 2.94. The Morgan fingerprint density at radius 3 is 2.40 bits per heavy atom. The van der Waals surface area contributed by atoms with Crippen LogP contribution in [0.25, 0.3) is 0 Å². The van der Waals surface area contributed by atoms with Crippen molar-refractivity contribution < 1.29 is 9.53 Å². The number of ether oxygens (including phenoxy) is 1. The fourth-order valence-electron chi connectivity index (χ4n) is 1.97. The summed E-state index contributed by atoms with van der Waals surface area (Å²) in [6.07, 6.45) is 0. The van der Waals surface area contributed by atoms with Crippen LogP contribution in [-0.2, 0) is 10.2 Å². The number of methoxy groups -OCH3 is 1. The number of carbonyl (C=O) groups is 1. The van der Waals surface area contributed by atoms with Crippen LogP contribution in [0.4, 0.5) is 5.69 Å². The van der Waals surface area contributed by atoms with Gasteiger partial charge < -0.3 is 10.1 Å². The lowest BCUT2D eigenvalue weighted by Crippen LogP contribution is -2.34. The van der Waals surface area contributed by atoms with Crippen LogP contribution in [-0.4, -0.2) is 13.0 Å². The molecule has 0 spiro atoms. The Kier molecular flexibility index (Phi) is 4.08. The summed E-state index contributed by atoms with van der Waals surface area (Å²) in [7, 11) is 1.61. The first-order chi connectivity index (χ1) is 9.54. The van der Waals surface area contributed by atoms with E-state index in [1.54, 1.807) is 13.2 Å². The Hall–Kier alpha value is -2.29. The highest BCUT2D eigenvalue weighted by Crippen LogP contribution is 2.25. The third-order valence-corrected chi connectivity index (χ3v) is 3.39. The van der Waals surface area contributed by atoms with Crippen molar-refractivity contribution >= 4 is 11.6 Å². The summed E-state index contributed by atoms with van der Waals surface area (Å²) in [6.45, 7) is 3.83. The SMILES string of the molecule is COc1cccc(NC(=O)C(C)(C)c2ccccc2)c1. The first-order valence-electron chi connectivity index (χ1n) is 6.55. The van der Waals surface area contributed by atoms with Crippen LogP contribution in [0, 0.1) is 0 Å². The van der Waals surface area contributed by atoms with Crippen LogP contribution in [0.5, 0.6) is 5.75 Å². The Bertz CT molecular complexity index is 591. The van der Waals surface area contributed by atoms with Crippen molar-refractivity contribution in [2.75, 3.05) is 12.4 Å². The Morgan fingerprint density at radius 2 is 1.75 bits per heavy atom. The topological polar surface area (TPSA) is 38.3 Å². The van der Waals surface area contributed by atoms with Crippen LogP contribution >= 0.6 is 0 Å². The average molecular weight is 269 g/mol. The molecule has 0 fully saturated rings. The molecule has 0 atom stereocenters. The number of hydrogen-bond donors (Lipinski definition) is 1. The molecule has 1 N–H and O–H groups in total. The van der Waals surface area contributed by atoms with Gasteiger partial charge in [0, 0.05) is 11.8 Å². The van der Waals surface area contributed by atoms with Gasteiger partial charge in [0.05, 0.1) is 12.5 Å². The minimum atomic E-state index is -0.593. The van der Waals surface area contributed by atoms with E-state index >= 15 is 0 Å². The summed E-state index contributed by atoms with van der Waals surface area (Å²) in [6, 6.07) is 17.1. The smallest absolute Gasteiger partial charge is 0.234 e. The van der Waals surface area contributed by atoms with Gasteiger partial charge in [-0.2, -0.15) is 0 Å². The molecule has 0 aromatic heterocycles. The quantitative estimate of drug-likeness (QED) is 0.920. The first-order valence-corrected chi connectivity index (χ1v) is 6.55.